The molecule has 1 aromatic heterocycles. The number of likely N-dealkylation sites (N-methyl/N-ethyl adjacent to an activating group) is 1. The van der Waals surface area contributed by atoms with Crippen molar-refractivity contribution in [1.82, 2.24) is 14.9 Å². The second kappa shape index (κ2) is 4.01. The van der Waals surface area contributed by atoms with Gasteiger partial charge in [-0.05, 0) is 7.05 Å². The fraction of sp³-hybridized carbons (Fsp3) is 0.556. The number of hydrogen-bond donors (Lipinski definition) is 3. The van der Waals surface area contributed by atoms with E-state index in [1.54, 1.807) is 0 Å². The lowest BCUT2D eigenvalue weighted by atomic mass is 10.3. The fourth-order valence-corrected chi connectivity index (χ4v) is 1.75. The SMILES string of the molecule is CN1CCN(c2nc(N)nc(N)c2N)CC1. The Labute approximate surface area is 94.2 Å². The second-order valence-corrected chi connectivity index (χ2v) is 3.99. The maximum absolute atomic E-state index is 5.86. The molecular weight excluding hydrogens is 206 g/mol. The van der Waals surface area contributed by atoms with Gasteiger partial charge in [-0.15, -0.1) is 0 Å². The first kappa shape index (κ1) is 10.7. The molecule has 0 bridgehead atoms. The lowest BCUT2D eigenvalue weighted by molar-refractivity contribution is 0.312. The number of nitrogen functional groups attached to an aromatic ring is 3. The van der Waals surface area contributed by atoms with Crippen molar-refractivity contribution in [2.24, 2.45) is 0 Å². The fourth-order valence-electron chi connectivity index (χ4n) is 1.75. The zero-order valence-electron chi connectivity index (χ0n) is 9.35. The maximum Gasteiger partial charge on any atom is 0.224 e. The third-order valence-corrected chi connectivity index (χ3v) is 2.78. The Balaban J connectivity index is 2.26. The van der Waals surface area contributed by atoms with Crippen LogP contribution in [0, 0.1) is 0 Å². The van der Waals surface area contributed by atoms with Gasteiger partial charge in [0.2, 0.25) is 5.95 Å². The zero-order valence-corrected chi connectivity index (χ0v) is 9.35. The Morgan fingerprint density at radius 2 is 1.62 bits per heavy atom. The van der Waals surface area contributed by atoms with Crippen LogP contribution in [-0.4, -0.2) is 48.1 Å². The first-order chi connectivity index (χ1) is 7.58. The number of nitrogens with zero attached hydrogens (tertiary/aromatic N) is 4. The van der Waals surface area contributed by atoms with Crippen LogP contribution in [0.15, 0.2) is 0 Å². The first-order valence-electron chi connectivity index (χ1n) is 5.20. The predicted molar refractivity (Wildman–Crippen MR) is 65.0 cm³/mol. The van der Waals surface area contributed by atoms with Crippen molar-refractivity contribution < 1.29 is 0 Å². The van der Waals surface area contributed by atoms with E-state index in [2.05, 4.69) is 26.8 Å². The van der Waals surface area contributed by atoms with E-state index in [0.29, 0.717) is 11.5 Å². The maximum atomic E-state index is 5.86. The van der Waals surface area contributed by atoms with Gasteiger partial charge in [0.05, 0.1) is 0 Å². The van der Waals surface area contributed by atoms with Gasteiger partial charge in [-0.2, -0.15) is 9.97 Å². The molecule has 0 aromatic carbocycles. The molecule has 2 rings (SSSR count). The molecule has 7 heteroatoms. The summed E-state index contributed by atoms with van der Waals surface area (Å²) in [6, 6.07) is 0. The highest BCUT2D eigenvalue weighted by atomic mass is 15.3. The molecule has 16 heavy (non-hydrogen) atoms. The average molecular weight is 223 g/mol. The summed E-state index contributed by atoms with van der Waals surface area (Å²) < 4.78 is 0. The van der Waals surface area contributed by atoms with Crippen LogP contribution in [0.25, 0.3) is 0 Å². The minimum atomic E-state index is 0.167. The molecule has 0 spiro atoms. The molecule has 88 valence electrons. The first-order valence-corrected chi connectivity index (χ1v) is 5.20. The van der Waals surface area contributed by atoms with Gasteiger partial charge in [-0.3, -0.25) is 0 Å². The topological polar surface area (TPSA) is 110 Å². The van der Waals surface area contributed by atoms with Crippen LogP contribution in [0.3, 0.4) is 0 Å². The van der Waals surface area contributed by atoms with Gasteiger partial charge in [0.15, 0.2) is 11.6 Å². The van der Waals surface area contributed by atoms with Crippen LogP contribution < -0.4 is 22.1 Å². The summed E-state index contributed by atoms with van der Waals surface area (Å²) >= 11 is 0. The molecule has 7 nitrogen and oxygen atoms in total. The third-order valence-electron chi connectivity index (χ3n) is 2.78. The average Bonchev–Trinajstić information content (AvgIpc) is 2.25. The summed E-state index contributed by atoms with van der Waals surface area (Å²) in [6.45, 7) is 3.69. The predicted octanol–water partition coefficient (Wildman–Crippen LogP) is -1.02. The van der Waals surface area contributed by atoms with Crippen molar-refractivity contribution >= 4 is 23.3 Å². The van der Waals surface area contributed by atoms with E-state index >= 15 is 0 Å². The molecule has 0 aliphatic carbocycles. The summed E-state index contributed by atoms with van der Waals surface area (Å²) in [4.78, 5) is 12.3. The van der Waals surface area contributed by atoms with Crippen molar-refractivity contribution in [3.63, 3.8) is 0 Å². The minimum Gasteiger partial charge on any atom is -0.393 e. The lowest BCUT2D eigenvalue weighted by Crippen LogP contribution is -2.45. The van der Waals surface area contributed by atoms with Crippen LogP contribution >= 0.6 is 0 Å². The van der Waals surface area contributed by atoms with Crippen LogP contribution in [-0.2, 0) is 0 Å². The summed E-state index contributed by atoms with van der Waals surface area (Å²) in [5.41, 5.74) is 17.5. The van der Waals surface area contributed by atoms with E-state index in [-0.39, 0.29) is 11.8 Å². The lowest BCUT2D eigenvalue weighted by Gasteiger charge is -2.33. The molecule has 1 aromatic rings. The molecule has 2 heterocycles. The molecule has 0 saturated carbocycles. The molecule has 0 atom stereocenters. The Hall–Kier alpha value is -1.76. The highest BCUT2D eigenvalue weighted by Crippen LogP contribution is 2.26. The van der Waals surface area contributed by atoms with Crippen molar-refractivity contribution in [3.05, 3.63) is 0 Å². The molecule has 1 saturated heterocycles. The number of rotatable bonds is 1. The van der Waals surface area contributed by atoms with Crippen LogP contribution in [0.4, 0.5) is 23.3 Å². The number of nitrogens with two attached hydrogens (primary N) is 3. The number of aromatic nitrogens is 2. The number of piperazine rings is 1. The van der Waals surface area contributed by atoms with E-state index in [0.717, 1.165) is 26.2 Å². The van der Waals surface area contributed by atoms with Gasteiger partial charge in [-0.25, -0.2) is 0 Å². The van der Waals surface area contributed by atoms with Gasteiger partial charge < -0.3 is 27.0 Å². The van der Waals surface area contributed by atoms with Gasteiger partial charge >= 0.3 is 0 Å². The smallest absolute Gasteiger partial charge is 0.224 e. The molecule has 0 unspecified atom stereocenters. The van der Waals surface area contributed by atoms with Crippen LogP contribution in [0.5, 0.6) is 0 Å². The van der Waals surface area contributed by atoms with E-state index < -0.39 is 0 Å². The summed E-state index contributed by atoms with van der Waals surface area (Å²) in [5.74, 6) is 1.07. The van der Waals surface area contributed by atoms with E-state index in [9.17, 15) is 0 Å². The highest BCUT2D eigenvalue weighted by Gasteiger charge is 2.19. The highest BCUT2D eigenvalue weighted by molar-refractivity contribution is 5.75. The van der Waals surface area contributed by atoms with Crippen LogP contribution in [0.1, 0.15) is 0 Å². The van der Waals surface area contributed by atoms with Gasteiger partial charge in [0, 0.05) is 26.2 Å². The van der Waals surface area contributed by atoms with Crippen molar-refractivity contribution in [1.29, 1.82) is 0 Å². The molecule has 1 aliphatic heterocycles. The molecule has 0 amide bonds. The normalized spacial score (nSPS) is 17.7. The monoisotopic (exact) mass is 223 g/mol. The van der Waals surface area contributed by atoms with E-state index in [1.165, 1.54) is 0 Å². The van der Waals surface area contributed by atoms with Gasteiger partial charge in [-0.1, -0.05) is 0 Å². The van der Waals surface area contributed by atoms with Crippen molar-refractivity contribution in [2.75, 3.05) is 55.3 Å². The molecule has 1 fully saturated rings. The zero-order chi connectivity index (χ0) is 11.7. The number of anilines is 4. The quantitative estimate of drug-likeness (QED) is 0.558. The Kier molecular flexibility index (Phi) is 2.69. The van der Waals surface area contributed by atoms with E-state index in [4.69, 9.17) is 17.2 Å². The van der Waals surface area contributed by atoms with Gasteiger partial charge in [0.25, 0.3) is 0 Å². The third kappa shape index (κ3) is 1.94. The summed E-state index contributed by atoms with van der Waals surface area (Å²) in [6.07, 6.45) is 0. The standard InChI is InChI=1S/C9H17N7/c1-15-2-4-16(5-3-15)8-6(10)7(11)13-9(12)14-8/h2-5,10H2,1H3,(H4,11,12,13,14). The van der Waals surface area contributed by atoms with Crippen LogP contribution in [0.2, 0.25) is 0 Å². The number of hydrogen-bond acceptors (Lipinski definition) is 7. The van der Waals surface area contributed by atoms with E-state index in [1.807, 2.05) is 0 Å². The largest absolute Gasteiger partial charge is 0.393 e. The molecule has 0 radical (unpaired) electrons. The summed E-state index contributed by atoms with van der Waals surface area (Å²) in [7, 11) is 2.09. The summed E-state index contributed by atoms with van der Waals surface area (Å²) in [5, 5.41) is 0. The van der Waals surface area contributed by atoms with Crippen molar-refractivity contribution in [3.8, 4) is 0 Å². The Morgan fingerprint density at radius 1 is 1.00 bits per heavy atom. The van der Waals surface area contributed by atoms with Gasteiger partial charge in [0.1, 0.15) is 5.69 Å². The Morgan fingerprint density at radius 3 is 2.25 bits per heavy atom. The second-order valence-electron chi connectivity index (χ2n) is 3.99. The van der Waals surface area contributed by atoms with Crippen molar-refractivity contribution in [2.45, 2.75) is 0 Å². The molecular formula is C9H17N7. The molecule has 1 aliphatic rings. The molecule has 6 N–H and O–H groups in total. The minimum absolute atomic E-state index is 0.167. The Bertz CT molecular complexity index is 384.